The maximum Gasteiger partial charge on any atom is 0.293 e. The Hall–Kier alpha value is -2.81. The first-order valence-electron chi connectivity index (χ1n) is 7.77. The van der Waals surface area contributed by atoms with Crippen molar-refractivity contribution in [3.63, 3.8) is 0 Å². The molecule has 0 aliphatic carbocycles. The van der Waals surface area contributed by atoms with E-state index in [9.17, 15) is 19.7 Å². The minimum atomic E-state index is -0.500. The van der Waals surface area contributed by atoms with Crippen LogP contribution in [0.25, 0.3) is 0 Å². The first-order chi connectivity index (χ1) is 12.0. The topological polar surface area (TPSA) is 105 Å². The zero-order valence-corrected chi connectivity index (χ0v) is 14.3. The monoisotopic (exact) mass is 360 g/mol. The number of aromatic nitrogens is 1. The number of hydrogen-bond donors (Lipinski definition) is 1. The summed E-state index contributed by atoms with van der Waals surface area (Å²) in [6, 6.07) is 4.46. The van der Waals surface area contributed by atoms with Gasteiger partial charge in [0.15, 0.2) is 10.9 Å². The summed E-state index contributed by atoms with van der Waals surface area (Å²) < 4.78 is 0. The van der Waals surface area contributed by atoms with Crippen LogP contribution in [0.3, 0.4) is 0 Å². The van der Waals surface area contributed by atoms with Gasteiger partial charge in [-0.2, -0.15) is 0 Å². The SMILES string of the molecule is CC(=O)c1csc(NC(=O)c2ccc(N3CCCC3)c([N+](=O)[O-])c2)n1. The van der Waals surface area contributed by atoms with Crippen LogP contribution in [0.2, 0.25) is 0 Å². The highest BCUT2D eigenvalue weighted by atomic mass is 32.1. The molecular formula is C16H16N4O4S. The lowest BCUT2D eigenvalue weighted by Crippen LogP contribution is -2.19. The highest BCUT2D eigenvalue weighted by Gasteiger charge is 2.24. The Morgan fingerprint density at radius 2 is 2.04 bits per heavy atom. The summed E-state index contributed by atoms with van der Waals surface area (Å²) in [4.78, 5) is 40.5. The lowest BCUT2D eigenvalue weighted by Gasteiger charge is -2.17. The molecule has 1 aliphatic heterocycles. The summed E-state index contributed by atoms with van der Waals surface area (Å²) in [6.07, 6.45) is 2.00. The molecule has 25 heavy (non-hydrogen) atoms. The number of carbonyl (C=O) groups excluding carboxylic acids is 2. The average Bonchev–Trinajstić information content (AvgIpc) is 3.26. The molecule has 1 aromatic heterocycles. The van der Waals surface area contributed by atoms with Crippen LogP contribution in [-0.4, -0.2) is 34.7 Å². The molecule has 1 saturated heterocycles. The third-order valence-electron chi connectivity index (χ3n) is 3.97. The van der Waals surface area contributed by atoms with Gasteiger partial charge in [0.1, 0.15) is 11.4 Å². The number of ketones is 1. The largest absolute Gasteiger partial charge is 0.366 e. The Morgan fingerprint density at radius 1 is 1.32 bits per heavy atom. The van der Waals surface area contributed by atoms with Gasteiger partial charge in [-0.3, -0.25) is 25.0 Å². The number of thiazole rings is 1. The summed E-state index contributed by atoms with van der Waals surface area (Å²) in [5, 5.41) is 15.8. The molecule has 2 aromatic rings. The molecule has 130 valence electrons. The summed E-state index contributed by atoms with van der Waals surface area (Å²) >= 11 is 1.13. The molecule has 0 atom stereocenters. The number of Topliss-reactive ketones (excluding diaryl/α,β-unsaturated/α-hetero) is 1. The van der Waals surface area contributed by atoms with Crippen molar-refractivity contribution in [2.24, 2.45) is 0 Å². The zero-order valence-electron chi connectivity index (χ0n) is 13.5. The van der Waals surface area contributed by atoms with Crippen molar-refractivity contribution in [3.05, 3.63) is 45.0 Å². The number of anilines is 2. The molecule has 2 heterocycles. The van der Waals surface area contributed by atoms with Crippen LogP contribution in [0.5, 0.6) is 0 Å². The maximum atomic E-state index is 12.3. The molecule has 0 bridgehead atoms. The van der Waals surface area contributed by atoms with Crippen molar-refractivity contribution in [2.45, 2.75) is 19.8 Å². The Labute approximate surface area is 147 Å². The minimum Gasteiger partial charge on any atom is -0.366 e. The van der Waals surface area contributed by atoms with Gasteiger partial charge in [-0.25, -0.2) is 4.98 Å². The van der Waals surface area contributed by atoms with Crippen molar-refractivity contribution in [1.29, 1.82) is 0 Å². The molecular weight excluding hydrogens is 344 g/mol. The van der Waals surface area contributed by atoms with Gasteiger partial charge in [0.25, 0.3) is 11.6 Å². The Balaban J connectivity index is 1.83. The molecule has 0 radical (unpaired) electrons. The van der Waals surface area contributed by atoms with Crippen LogP contribution in [-0.2, 0) is 0 Å². The maximum absolute atomic E-state index is 12.3. The van der Waals surface area contributed by atoms with E-state index in [0.717, 1.165) is 37.3 Å². The molecule has 1 amide bonds. The van der Waals surface area contributed by atoms with Crippen LogP contribution >= 0.6 is 11.3 Å². The van der Waals surface area contributed by atoms with E-state index in [1.54, 1.807) is 17.5 Å². The first kappa shape index (κ1) is 17.0. The molecule has 1 aromatic carbocycles. The van der Waals surface area contributed by atoms with Crippen LogP contribution in [0, 0.1) is 10.1 Å². The lowest BCUT2D eigenvalue weighted by atomic mass is 10.1. The molecule has 9 heteroatoms. The fourth-order valence-corrected chi connectivity index (χ4v) is 3.44. The number of hydrogen-bond acceptors (Lipinski definition) is 7. The van der Waals surface area contributed by atoms with Gasteiger partial charge in [0.2, 0.25) is 0 Å². The van der Waals surface area contributed by atoms with E-state index < -0.39 is 10.8 Å². The molecule has 0 spiro atoms. The van der Waals surface area contributed by atoms with E-state index in [-0.39, 0.29) is 27.9 Å². The van der Waals surface area contributed by atoms with E-state index in [2.05, 4.69) is 10.3 Å². The van der Waals surface area contributed by atoms with Gasteiger partial charge in [0.05, 0.1) is 4.92 Å². The highest BCUT2D eigenvalue weighted by Crippen LogP contribution is 2.32. The summed E-state index contributed by atoms with van der Waals surface area (Å²) in [5.74, 6) is -0.692. The van der Waals surface area contributed by atoms with Gasteiger partial charge >= 0.3 is 0 Å². The fraction of sp³-hybridized carbons (Fsp3) is 0.312. The lowest BCUT2D eigenvalue weighted by molar-refractivity contribution is -0.384. The molecule has 1 fully saturated rings. The quantitative estimate of drug-likeness (QED) is 0.499. The summed E-state index contributed by atoms with van der Waals surface area (Å²) in [7, 11) is 0. The number of rotatable bonds is 5. The Morgan fingerprint density at radius 3 is 2.64 bits per heavy atom. The second-order valence-corrected chi connectivity index (χ2v) is 6.56. The van der Waals surface area contributed by atoms with Gasteiger partial charge in [-0.1, -0.05) is 0 Å². The number of nitro benzene ring substituents is 1. The molecule has 1 aliphatic rings. The van der Waals surface area contributed by atoms with Crippen LogP contribution < -0.4 is 10.2 Å². The Bertz CT molecular complexity index is 842. The minimum absolute atomic E-state index is 0.0851. The second-order valence-electron chi connectivity index (χ2n) is 5.70. The predicted octanol–water partition coefficient (Wildman–Crippen LogP) is 3.11. The third-order valence-corrected chi connectivity index (χ3v) is 4.72. The smallest absolute Gasteiger partial charge is 0.293 e. The Kier molecular flexibility index (Phi) is 4.75. The first-order valence-corrected chi connectivity index (χ1v) is 8.65. The number of nitrogens with zero attached hydrogens (tertiary/aromatic N) is 3. The van der Waals surface area contributed by atoms with Crippen molar-refractivity contribution in [2.75, 3.05) is 23.3 Å². The van der Waals surface area contributed by atoms with Gasteiger partial charge in [0, 0.05) is 37.0 Å². The van der Waals surface area contributed by atoms with Crippen molar-refractivity contribution >= 4 is 39.5 Å². The second kappa shape index (κ2) is 6.98. The number of carbonyl (C=O) groups is 2. The third kappa shape index (κ3) is 3.66. The van der Waals surface area contributed by atoms with E-state index in [0.29, 0.717) is 5.69 Å². The number of amides is 1. The van der Waals surface area contributed by atoms with E-state index in [1.807, 2.05) is 4.90 Å². The summed E-state index contributed by atoms with van der Waals surface area (Å²) in [6.45, 7) is 2.94. The summed E-state index contributed by atoms with van der Waals surface area (Å²) in [5.41, 5.74) is 0.898. The van der Waals surface area contributed by atoms with Crippen molar-refractivity contribution in [1.82, 2.24) is 4.98 Å². The molecule has 8 nitrogen and oxygen atoms in total. The zero-order chi connectivity index (χ0) is 18.0. The fourth-order valence-electron chi connectivity index (χ4n) is 2.70. The predicted molar refractivity (Wildman–Crippen MR) is 94.6 cm³/mol. The van der Waals surface area contributed by atoms with E-state index in [4.69, 9.17) is 0 Å². The standard InChI is InChI=1S/C16H16N4O4S/c1-10(21)12-9-25-16(17-12)18-15(22)11-4-5-13(14(8-11)20(23)24)19-6-2-3-7-19/h4-5,8-9H,2-3,6-7H2,1H3,(H,17,18,22). The van der Waals surface area contributed by atoms with Gasteiger partial charge < -0.3 is 4.90 Å². The number of nitro groups is 1. The van der Waals surface area contributed by atoms with Crippen molar-refractivity contribution in [3.8, 4) is 0 Å². The van der Waals surface area contributed by atoms with Gasteiger partial charge in [-0.15, -0.1) is 11.3 Å². The molecule has 1 N–H and O–H groups in total. The van der Waals surface area contributed by atoms with E-state index >= 15 is 0 Å². The normalized spacial score (nSPS) is 13.7. The van der Waals surface area contributed by atoms with Crippen LogP contribution in [0.15, 0.2) is 23.6 Å². The molecule has 3 rings (SSSR count). The molecule has 0 unspecified atom stereocenters. The highest BCUT2D eigenvalue weighted by molar-refractivity contribution is 7.14. The van der Waals surface area contributed by atoms with Gasteiger partial charge in [-0.05, 0) is 25.0 Å². The van der Waals surface area contributed by atoms with Crippen LogP contribution in [0.1, 0.15) is 40.6 Å². The molecule has 0 saturated carbocycles. The van der Waals surface area contributed by atoms with Crippen LogP contribution in [0.4, 0.5) is 16.5 Å². The average molecular weight is 360 g/mol. The van der Waals surface area contributed by atoms with E-state index in [1.165, 1.54) is 13.0 Å². The number of nitrogens with one attached hydrogen (secondary N) is 1. The van der Waals surface area contributed by atoms with Crippen molar-refractivity contribution < 1.29 is 14.5 Å². The number of benzene rings is 1.